The summed E-state index contributed by atoms with van der Waals surface area (Å²) in [7, 11) is 0. The Balaban J connectivity index is 1.98. The number of hydrogen-bond donors (Lipinski definition) is 1. The fourth-order valence-electron chi connectivity index (χ4n) is 2.15. The van der Waals surface area contributed by atoms with E-state index in [1.165, 1.54) is 6.42 Å². The first-order valence-electron chi connectivity index (χ1n) is 6.11. The summed E-state index contributed by atoms with van der Waals surface area (Å²) in [5, 5.41) is 3.42. The van der Waals surface area contributed by atoms with Crippen LogP contribution in [0.5, 0.6) is 0 Å². The van der Waals surface area contributed by atoms with Gasteiger partial charge in [-0.2, -0.15) is 8.75 Å². The van der Waals surface area contributed by atoms with Gasteiger partial charge in [0.05, 0.1) is 17.9 Å². The van der Waals surface area contributed by atoms with Gasteiger partial charge >= 0.3 is 0 Å². The smallest absolute Gasteiger partial charge is 0.275 e. The number of nitrogens with zero attached hydrogens (tertiary/aromatic N) is 3. The second kappa shape index (κ2) is 6.07. The molecule has 2 heterocycles. The summed E-state index contributed by atoms with van der Waals surface area (Å²) in [4.78, 5) is 14.1. The van der Waals surface area contributed by atoms with Crippen molar-refractivity contribution in [2.45, 2.75) is 32.2 Å². The lowest BCUT2D eigenvalue weighted by Crippen LogP contribution is -2.41. The van der Waals surface area contributed by atoms with Gasteiger partial charge in [0.25, 0.3) is 5.91 Å². The van der Waals surface area contributed by atoms with Crippen molar-refractivity contribution < 1.29 is 4.79 Å². The monoisotopic (exact) mass is 254 g/mol. The van der Waals surface area contributed by atoms with Crippen LogP contribution >= 0.6 is 11.7 Å². The topological polar surface area (TPSA) is 58.1 Å². The maximum absolute atomic E-state index is 12.2. The number of hydrogen-bond acceptors (Lipinski definition) is 5. The summed E-state index contributed by atoms with van der Waals surface area (Å²) >= 11 is 1.08. The van der Waals surface area contributed by atoms with Crippen molar-refractivity contribution in [3.05, 3.63) is 11.9 Å². The van der Waals surface area contributed by atoms with E-state index >= 15 is 0 Å². The molecule has 1 fully saturated rings. The van der Waals surface area contributed by atoms with E-state index in [2.05, 4.69) is 21.0 Å². The molecular weight excluding hydrogens is 236 g/mol. The molecule has 1 atom stereocenters. The van der Waals surface area contributed by atoms with E-state index < -0.39 is 0 Å². The number of aromatic nitrogens is 2. The lowest BCUT2D eigenvalue weighted by atomic mass is 10.2. The third-order valence-electron chi connectivity index (χ3n) is 2.96. The Kier molecular flexibility index (Phi) is 4.44. The first-order chi connectivity index (χ1) is 8.31. The molecule has 0 bridgehead atoms. The molecule has 17 heavy (non-hydrogen) atoms. The quantitative estimate of drug-likeness (QED) is 0.856. The lowest BCUT2D eigenvalue weighted by Gasteiger charge is -2.24. The van der Waals surface area contributed by atoms with Crippen LogP contribution in [0.3, 0.4) is 0 Å². The Hall–Kier alpha value is -1.01. The van der Waals surface area contributed by atoms with Crippen molar-refractivity contribution in [3.63, 3.8) is 0 Å². The molecular formula is C11H18N4OS. The predicted octanol–water partition coefficient (Wildman–Crippen LogP) is 1.14. The zero-order chi connectivity index (χ0) is 12.1. The van der Waals surface area contributed by atoms with Crippen LogP contribution in [-0.4, -0.2) is 45.2 Å². The highest BCUT2D eigenvalue weighted by molar-refractivity contribution is 6.99. The normalized spacial score (nSPS) is 19.5. The summed E-state index contributed by atoms with van der Waals surface area (Å²) in [6.07, 6.45) is 4.88. The van der Waals surface area contributed by atoms with Crippen molar-refractivity contribution in [1.29, 1.82) is 0 Å². The molecule has 0 aromatic carbocycles. The second-order valence-corrected chi connectivity index (χ2v) is 4.89. The third-order valence-corrected chi connectivity index (χ3v) is 3.44. The van der Waals surface area contributed by atoms with Crippen LogP contribution in [0, 0.1) is 0 Å². The van der Waals surface area contributed by atoms with Gasteiger partial charge in [0.2, 0.25) is 0 Å². The molecule has 1 N–H and O–H groups in total. The van der Waals surface area contributed by atoms with Crippen molar-refractivity contribution >= 4 is 17.6 Å². The van der Waals surface area contributed by atoms with Crippen LogP contribution in [0.1, 0.15) is 36.7 Å². The molecule has 5 nitrogen and oxygen atoms in total. The molecule has 6 heteroatoms. The average Bonchev–Trinajstić information content (AvgIpc) is 3.00. The summed E-state index contributed by atoms with van der Waals surface area (Å²) in [5.41, 5.74) is 0.474. The molecule has 2 rings (SSSR count). The Morgan fingerprint density at radius 3 is 3.18 bits per heavy atom. The lowest BCUT2D eigenvalue weighted by molar-refractivity contribution is 0.0737. The Bertz CT molecular complexity index is 348. The largest absolute Gasteiger partial charge is 0.336 e. The molecule has 1 saturated heterocycles. The molecule has 0 radical (unpaired) electrons. The number of carbonyl (C=O) groups is 1. The maximum Gasteiger partial charge on any atom is 0.275 e. The molecule has 1 unspecified atom stereocenters. The minimum Gasteiger partial charge on any atom is -0.336 e. The first-order valence-corrected chi connectivity index (χ1v) is 6.84. The van der Waals surface area contributed by atoms with Crippen LogP contribution in [0.15, 0.2) is 6.20 Å². The van der Waals surface area contributed by atoms with E-state index in [9.17, 15) is 4.79 Å². The van der Waals surface area contributed by atoms with Crippen LogP contribution < -0.4 is 5.32 Å². The van der Waals surface area contributed by atoms with E-state index in [1.54, 1.807) is 6.20 Å². The summed E-state index contributed by atoms with van der Waals surface area (Å²) in [6, 6.07) is 0.442. The minimum absolute atomic E-state index is 0.00861. The highest BCUT2D eigenvalue weighted by Gasteiger charge is 2.23. The number of amides is 1. The van der Waals surface area contributed by atoms with Gasteiger partial charge in [-0.1, -0.05) is 6.92 Å². The maximum atomic E-state index is 12.2. The fourth-order valence-corrected chi connectivity index (χ4v) is 2.55. The fraction of sp³-hybridized carbons (Fsp3) is 0.727. The third kappa shape index (κ3) is 3.23. The van der Waals surface area contributed by atoms with Gasteiger partial charge in [-0.05, 0) is 25.8 Å². The van der Waals surface area contributed by atoms with Crippen molar-refractivity contribution in [2.75, 3.05) is 19.6 Å². The van der Waals surface area contributed by atoms with Gasteiger partial charge in [0.15, 0.2) is 5.69 Å². The Morgan fingerprint density at radius 2 is 2.59 bits per heavy atom. The molecule has 1 aromatic heterocycles. The highest BCUT2D eigenvalue weighted by atomic mass is 32.1. The van der Waals surface area contributed by atoms with E-state index in [-0.39, 0.29) is 5.91 Å². The van der Waals surface area contributed by atoms with Crippen LogP contribution in [-0.2, 0) is 0 Å². The van der Waals surface area contributed by atoms with Gasteiger partial charge < -0.3 is 10.2 Å². The molecule has 0 aliphatic carbocycles. The molecule has 0 saturated carbocycles. The molecule has 1 aliphatic rings. The van der Waals surface area contributed by atoms with E-state index in [0.717, 1.165) is 44.2 Å². The highest BCUT2D eigenvalue weighted by Crippen LogP contribution is 2.10. The number of nitrogens with one attached hydrogen (secondary N) is 1. The van der Waals surface area contributed by atoms with E-state index in [0.29, 0.717) is 11.7 Å². The number of rotatable bonds is 5. The molecule has 1 aliphatic heterocycles. The van der Waals surface area contributed by atoms with Gasteiger partial charge in [-0.3, -0.25) is 4.79 Å². The van der Waals surface area contributed by atoms with E-state index in [4.69, 9.17) is 0 Å². The zero-order valence-corrected chi connectivity index (χ0v) is 10.9. The minimum atomic E-state index is 0.00861. The number of carbonyl (C=O) groups excluding carboxylic acids is 1. The summed E-state index contributed by atoms with van der Waals surface area (Å²) in [6.45, 7) is 4.72. The van der Waals surface area contributed by atoms with Gasteiger partial charge in [0.1, 0.15) is 0 Å². The SMILES string of the molecule is CCCN(CC1CCCN1)C(=O)c1cnsn1. The van der Waals surface area contributed by atoms with Crippen LogP contribution in [0.25, 0.3) is 0 Å². The molecule has 1 amide bonds. The average molecular weight is 254 g/mol. The van der Waals surface area contributed by atoms with Gasteiger partial charge in [0, 0.05) is 19.1 Å². The Labute approximate surface area is 106 Å². The molecule has 0 spiro atoms. The predicted molar refractivity (Wildman–Crippen MR) is 67.1 cm³/mol. The van der Waals surface area contributed by atoms with Gasteiger partial charge in [-0.15, -0.1) is 0 Å². The second-order valence-electron chi connectivity index (χ2n) is 4.34. The van der Waals surface area contributed by atoms with E-state index in [1.807, 2.05) is 4.90 Å². The summed E-state index contributed by atoms with van der Waals surface area (Å²) < 4.78 is 7.90. The molecule has 94 valence electrons. The van der Waals surface area contributed by atoms with Crippen molar-refractivity contribution in [1.82, 2.24) is 19.0 Å². The van der Waals surface area contributed by atoms with Crippen molar-refractivity contribution in [3.8, 4) is 0 Å². The van der Waals surface area contributed by atoms with Crippen LogP contribution in [0.4, 0.5) is 0 Å². The zero-order valence-electron chi connectivity index (χ0n) is 10.1. The van der Waals surface area contributed by atoms with Crippen LogP contribution in [0.2, 0.25) is 0 Å². The summed E-state index contributed by atoms with van der Waals surface area (Å²) in [5.74, 6) is 0.00861. The molecule has 1 aromatic rings. The van der Waals surface area contributed by atoms with Crippen molar-refractivity contribution in [2.24, 2.45) is 0 Å². The Morgan fingerprint density at radius 1 is 1.71 bits per heavy atom. The first kappa shape index (κ1) is 12.4. The standard InChI is InChI=1S/C11H18N4OS/c1-2-6-15(8-9-4-3-5-12-9)11(16)10-7-13-17-14-10/h7,9,12H,2-6,8H2,1H3. The van der Waals surface area contributed by atoms with Gasteiger partial charge in [-0.25, -0.2) is 0 Å².